The Morgan fingerprint density at radius 1 is 1.44 bits per heavy atom. The van der Waals surface area contributed by atoms with Crippen molar-refractivity contribution in [2.45, 2.75) is 26.4 Å². The molecular formula is C12H21N3O. The minimum absolute atomic E-state index is 0.481. The Kier molecular flexibility index (Phi) is 5.22. The van der Waals surface area contributed by atoms with E-state index in [0.717, 1.165) is 25.4 Å². The largest absolute Gasteiger partial charge is 0.397 e. The van der Waals surface area contributed by atoms with Gasteiger partial charge < -0.3 is 10.5 Å². The van der Waals surface area contributed by atoms with Crippen molar-refractivity contribution < 1.29 is 4.74 Å². The number of nitrogens with two attached hydrogens (primary N) is 1. The van der Waals surface area contributed by atoms with Crippen molar-refractivity contribution in [2.24, 2.45) is 0 Å². The molecule has 0 radical (unpaired) electrons. The summed E-state index contributed by atoms with van der Waals surface area (Å²) in [6, 6.07) is 4.34. The van der Waals surface area contributed by atoms with Crippen LogP contribution >= 0.6 is 0 Å². The summed E-state index contributed by atoms with van der Waals surface area (Å²) in [5.41, 5.74) is 7.35. The third kappa shape index (κ3) is 4.16. The number of pyridine rings is 1. The Hall–Kier alpha value is -1.13. The van der Waals surface area contributed by atoms with Crippen LogP contribution in [0.5, 0.6) is 0 Å². The molecule has 0 bridgehead atoms. The fourth-order valence-electron chi connectivity index (χ4n) is 1.47. The van der Waals surface area contributed by atoms with Crippen LogP contribution in [-0.2, 0) is 11.3 Å². The summed E-state index contributed by atoms with van der Waals surface area (Å²) in [5, 5.41) is 0. The van der Waals surface area contributed by atoms with Crippen molar-refractivity contribution in [3.05, 3.63) is 24.0 Å². The number of hydrogen-bond donors (Lipinski definition) is 1. The van der Waals surface area contributed by atoms with Crippen LogP contribution in [0.4, 0.5) is 5.69 Å². The predicted octanol–water partition coefficient (Wildman–Crippen LogP) is 1.52. The van der Waals surface area contributed by atoms with Crippen molar-refractivity contribution in [3.8, 4) is 0 Å². The normalized spacial score (nSPS) is 11.3. The van der Waals surface area contributed by atoms with Gasteiger partial charge in [-0.3, -0.25) is 9.88 Å². The fraction of sp³-hybridized carbons (Fsp3) is 0.583. The lowest BCUT2D eigenvalue weighted by molar-refractivity contribution is 0.124. The average molecular weight is 223 g/mol. The van der Waals surface area contributed by atoms with E-state index < -0.39 is 0 Å². The second-order valence-corrected chi connectivity index (χ2v) is 4.14. The number of ether oxygens (including phenoxy) is 1. The molecule has 1 rings (SSSR count). The first-order valence-electron chi connectivity index (χ1n) is 5.57. The molecule has 0 saturated heterocycles. The Bertz CT molecular complexity index is 298. The van der Waals surface area contributed by atoms with E-state index in [1.165, 1.54) is 0 Å². The lowest BCUT2D eigenvalue weighted by Gasteiger charge is -2.25. The molecule has 0 saturated carbocycles. The van der Waals surface area contributed by atoms with Gasteiger partial charge in [0.05, 0.1) is 24.2 Å². The van der Waals surface area contributed by atoms with E-state index in [9.17, 15) is 0 Å². The number of nitrogen functional groups attached to an aromatic ring is 1. The van der Waals surface area contributed by atoms with Crippen LogP contribution in [0.15, 0.2) is 18.3 Å². The third-order valence-electron chi connectivity index (χ3n) is 2.53. The van der Waals surface area contributed by atoms with Crippen LogP contribution in [0, 0.1) is 0 Å². The molecule has 2 N–H and O–H groups in total. The van der Waals surface area contributed by atoms with Crippen molar-refractivity contribution in [3.63, 3.8) is 0 Å². The molecule has 0 fully saturated rings. The molecule has 0 unspecified atom stereocenters. The highest BCUT2D eigenvalue weighted by atomic mass is 16.5. The van der Waals surface area contributed by atoms with E-state index in [2.05, 4.69) is 23.7 Å². The van der Waals surface area contributed by atoms with Crippen LogP contribution in [-0.4, -0.2) is 36.2 Å². The lowest BCUT2D eigenvalue weighted by atomic mass is 10.2. The number of hydrogen-bond acceptors (Lipinski definition) is 4. The minimum atomic E-state index is 0.481. The summed E-state index contributed by atoms with van der Waals surface area (Å²) < 4.78 is 5.10. The van der Waals surface area contributed by atoms with Gasteiger partial charge in [0.2, 0.25) is 0 Å². The van der Waals surface area contributed by atoms with E-state index in [1.54, 1.807) is 13.3 Å². The molecule has 90 valence electrons. The Balaban J connectivity index is 2.57. The highest BCUT2D eigenvalue weighted by Gasteiger charge is 2.10. The van der Waals surface area contributed by atoms with Gasteiger partial charge >= 0.3 is 0 Å². The van der Waals surface area contributed by atoms with Gasteiger partial charge in [0, 0.05) is 26.2 Å². The molecule has 1 aromatic rings. The Morgan fingerprint density at radius 3 is 2.69 bits per heavy atom. The van der Waals surface area contributed by atoms with Gasteiger partial charge in [-0.2, -0.15) is 0 Å². The SMILES string of the molecule is COCCN(Cc1ccc(N)cn1)C(C)C. The van der Waals surface area contributed by atoms with Crippen molar-refractivity contribution in [1.29, 1.82) is 0 Å². The van der Waals surface area contributed by atoms with E-state index in [4.69, 9.17) is 10.5 Å². The maximum atomic E-state index is 5.60. The standard InChI is InChI=1S/C12H21N3O/c1-10(2)15(6-7-16-3)9-12-5-4-11(13)8-14-12/h4-5,8,10H,6-7,9,13H2,1-3H3. The monoisotopic (exact) mass is 223 g/mol. The molecule has 0 amide bonds. The number of nitrogens with zero attached hydrogens (tertiary/aromatic N) is 2. The molecule has 0 aromatic carbocycles. The molecule has 4 nitrogen and oxygen atoms in total. The summed E-state index contributed by atoms with van der Waals surface area (Å²) in [7, 11) is 1.72. The van der Waals surface area contributed by atoms with Crippen LogP contribution in [0.25, 0.3) is 0 Å². The number of aromatic nitrogens is 1. The highest BCUT2D eigenvalue weighted by Crippen LogP contribution is 2.07. The minimum Gasteiger partial charge on any atom is -0.397 e. The fourth-order valence-corrected chi connectivity index (χ4v) is 1.47. The van der Waals surface area contributed by atoms with E-state index in [-0.39, 0.29) is 0 Å². The van der Waals surface area contributed by atoms with Gasteiger partial charge in [-0.1, -0.05) is 0 Å². The molecule has 0 aliphatic carbocycles. The molecule has 0 atom stereocenters. The maximum Gasteiger partial charge on any atom is 0.0589 e. The molecule has 0 aliphatic heterocycles. The van der Waals surface area contributed by atoms with Crippen molar-refractivity contribution >= 4 is 5.69 Å². The van der Waals surface area contributed by atoms with Crippen LogP contribution < -0.4 is 5.73 Å². The molecule has 16 heavy (non-hydrogen) atoms. The summed E-state index contributed by atoms with van der Waals surface area (Å²) >= 11 is 0. The first-order valence-corrected chi connectivity index (χ1v) is 5.57. The van der Waals surface area contributed by atoms with E-state index >= 15 is 0 Å². The topological polar surface area (TPSA) is 51.4 Å². The van der Waals surface area contributed by atoms with Gasteiger partial charge in [0.1, 0.15) is 0 Å². The first kappa shape index (κ1) is 12.9. The van der Waals surface area contributed by atoms with Crippen molar-refractivity contribution in [1.82, 2.24) is 9.88 Å². The van der Waals surface area contributed by atoms with Gasteiger partial charge in [0.25, 0.3) is 0 Å². The number of anilines is 1. The molecule has 0 spiro atoms. The van der Waals surface area contributed by atoms with Crippen molar-refractivity contribution in [2.75, 3.05) is 26.0 Å². The highest BCUT2D eigenvalue weighted by molar-refractivity contribution is 5.34. The number of methoxy groups -OCH3 is 1. The molecule has 1 aromatic heterocycles. The summed E-state index contributed by atoms with van der Waals surface area (Å²) in [6.07, 6.45) is 1.70. The zero-order valence-electron chi connectivity index (χ0n) is 10.3. The maximum absolute atomic E-state index is 5.60. The second kappa shape index (κ2) is 6.45. The van der Waals surface area contributed by atoms with E-state index in [1.807, 2.05) is 12.1 Å². The molecular weight excluding hydrogens is 202 g/mol. The van der Waals surface area contributed by atoms with Crippen LogP contribution in [0.2, 0.25) is 0 Å². The van der Waals surface area contributed by atoms with E-state index in [0.29, 0.717) is 11.7 Å². The second-order valence-electron chi connectivity index (χ2n) is 4.14. The lowest BCUT2D eigenvalue weighted by Crippen LogP contribution is -2.33. The molecule has 1 heterocycles. The first-order chi connectivity index (χ1) is 7.63. The third-order valence-corrected chi connectivity index (χ3v) is 2.53. The summed E-state index contributed by atoms with van der Waals surface area (Å²) in [6.45, 7) is 6.84. The summed E-state index contributed by atoms with van der Waals surface area (Å²) in [4.78, 5) is 6.62. The Morgan fingerprint density at radius 2 is 2.19 bits per heavy atom. The zero-order chi connectivity index (χ0) is 12.0. The number of rotatable bonds is 6. The zero-order valence-corrected chi connectivity index (χ0v) is 10.3. The smallest absolute Gasteiger partial charge is 0.0589 e. The average Bonchev–Trinajstić information content (AvgIpc) is 2.26. The summed E-state index contributed by atoms with van der Waals surface area (Å²) in [5.74, 6) is 0. The predicted molar refractivity (Wildman–Crippen MR) is 66.1 cm³/mol. The molecule has 0 aliphatic rings. The van der Waals surface area contributed by atoms with Gasteiger partial charge in [-0.15, -0.1) is 0 Å². The van der Waals surface area contributed by atoms with Gasteiger partial charge in [-0.05, 0) is 26.0 Å². The molecule has 4 heteroatoms. The van der Waals surface area contributed by atoms with Gasteiger partial charge in [0.15, 0.2) is 0 Å². The van der Waals surface area contributed by atoms with Crippen LogP contribution in [0.1, 0.15) is 19.5 Å². The quantitative estimate of drug-likeness (QED) is 0.794. The van der Waals surface area contributed by atoms with Gasteiger partial charge in [-0.25, -0.2) is 0 Å². The van der Waals surface area contributed by atoms with Crippen LogP contribution in [0.3, 0.4) is 0 Å². The Labute approximate surface area is 97.4 Å².